The maximum atomic E-state index is 11.6. The van der Waals surface area contributed by atoms with Gasteiger partial charge in [-0.1, -0.05) is 13.0 Å². The lowest BCUT2D eigenvalue weighted by molar-refractivity contribution is -0.0911. The molecule has 0 aromatic heterocycles. The van der Waals surface area contributed by atoms with Gasteiger partial charge >= 0.3 is 6.09 Å². The molecule has 0 radical (unpaired) electrons. The van der Waals surface area contributed by atoms with E-state index in [1.807, 2.05) is 13.8 Å². The number of amides is 1. The van der Waals surface area contributed by atoms with E-state index >= 15 is 0 Å². The van der Waals surface area contributed by atoms with Crippen LogP contribution in [0.15, 0.2) is 17.3 Å². The number of aliphatic hydroxyl groups excluding tert-OH is 1. The van der Waals surface area contributed by atoms with Gasteiger partial charge in [-0.05, 0) is 27.7 Å². The Labute approximate surface area is 120 Å². The number of ether oxygens (including phenoxy) is 2. The number of nitrogens with one attached hydrogen (secondary N) is 1. The Morgan fingerprint density at radius 3 is 2.55 bits per heavy atom. The van der Waals surface area contributed by atoms with Gasteiger partial charge in [0.1, 0.15) is 11.4 Å². The molecular formula is C14H26N2O4. The van der Waals surface area contributed by atoms with Gasteiger partial charge in [0.25, 0.3) is 0 Å². The molecule has 6 nitrogen and oxygen atoms in total. The van der Waals surface area contributed by atoms with Crippen molar-refractivity contribution in [3.63, 3.8) is 0 Å². The minimum absolute atomic E-state index is 0.348. The first-order chi connectivity index (χ1) is 9.28. The predicted octanol–water partition coefficient (Wildman–Crippen LogP) is 2.58. The van der Waals surface area contributed by atoms with Crippen LogP contribution in [0.1, 0.15) is 47.5 Å². The lowest BCUT2D eigenvalue weighted by Crippen LogP contribution is -2.36. The molecule has 6 heteroatoms. The van der Waals surface area contributed by atoms with Crippen molar-refractivity contribution in [3.05, 3.63) is 12.3 Å². The zero-order valence-electron chi connectivity index (χ0n) is 13.0. The molecule has 116 valence electrons. The Hall–Kier alpha value is -1.40. The fourth-order valence-corrected chi connectivity index (χ4v) is 1.21. The van der Waals surface area contributed by atoms with Crippen LogP contribution in [0, 0.1) is 0 Å². The molecule has 2 N–H and O–H groups in total. The summed E-state index contributed by atoms with van der Waals surface area (Å²) in [7, 11) is 0. The third-order valence-electron chi connectivity index (χ3n) is 2.01. The Balaban J connectivity index is 4.28. The second-order valence-corrected chi connectivity index (χ2v) is 5.09. The molecule has 0 fully saturated rings. The molecule has 1 unspecified atom stereocenters. The normalized spacial score (nSPS) is 14.4. The zero-order valence-corrected chi connectivity index (χ0v) is 13.0. The number of aliphatic hydroxyl groups is 1. The van der Waals surface area contributed by atoms with Gasteiger partial charge in [-0.2, -0.15) is 0 Å². The maximum absolute atomic E-state index is 11.6. The van der Waals surface area contributed by atoms with E-state index in [-0.39, 0.29) is 0 Å². The summed E-state index contributed by atoms with van der Waals surface area (Å²) in [5, 5.41) is 11.9. The van der Waals surface area contributed by atoms with Crippen molar-refractivity contribution in [2.45, 2.75) is 59.4 Å². The second-order valence-electron chi connectivity index (χ2n) is 5.09. The molecule has 0 spiro atoms. The monoisotopic (exact) mass is 286 g/mol. The molecule has 0 heterocycles. The molecule has 0 aromatic carbocycles. The summed E-state index contributed by atoms with van der Waals surface area (Å²) in [6.45, 7) is 9.53. The van der Waals surface area contributed by atoms with Crippen molar-refractivity contribution >= 4 is 11.9 Å². The van der Waals surface area contributed by atoms with Crippen LogP contribution in [-0.4, -0.2) is 35.5 Å². The predicted molar refractivity (Wildman–Crippen MR) is 78.5 cm³/mol. The first kappa shape index (κ1) is 18.6. The third-order valence-corrected chi connectivity index (χ3v) is 2.01. The number of alkyl carbamates (subject to hydrolysis) is 1. The number of carbonyl (C=O) groups excluding carboxylic acids is 1. The van der Waals surface area contributed by atoms with Crippen molar-refractivity contribution < 1.29 is 19.4 Å². The molecule has 0 bridgehead atoms. The van der Waals surface area contributed by atoms with E-state index in [0.29, 0.717) is 25.3 Å². The average Bonchev–Trinajstić information content (AvgIpc) is 2.31. The lowest BCUT2D eigenvalue weighted by Gasteiger charge is -2.19. The van der Waals surface area contributed by atoms with Crippen molar-refractivity contribution in [2.24, 2.45) is 4.99 Å². The standard InChI is InChI=1S/C14H26N2O4/c1-6-11(16-13(18)20-14(3,4)5)15-10-8-9-12(17)19-7-2/h8,10,12,17H,6-7,9H2,1-5H3,(H,15,16,18)/b10-8-. The van der Waals surface area contributed by atoms with Gasteiger partial charge in [-0.3, -0.25) is 5.32 Å². The van der Waals surface area contributed by atoms with Crippen molar-refractivity contribution in [3.8, 4) is 0 Å². The summed E-state index contributed by atoms with van der Waals surface area (Å²) in [5.41, 5.74) is -0.541. The summed E-state index contributed by atoms with van der Waals surface area (Å²) < 4.78 is 10.1. The molecule has 0 aliphatic heterocycles. The summed E-state index contributed by atoms with van der Waals surface area (Å²) in [6, 6.07) is 0. The molecule has 1 amide bonds. The summed E-state index contributed by atoms with van der Waals surface area (Å²) in [4.78, 5) is 15.7. The van der Waals surface area contributed by atoms with E-state index in [0.717, 1.165) is 0 Å². The Morgan fingerprint density at radius 1 is 1.40 bits per heavy atom. The van der Waals surface area contributed by atoms with E-state index < -0.39 is 18.0 Å². The number of rotatable bonds is 6. The maximum Gasteiger partial charge on any atom is 0.413 e. The highest BCUT2D eigenvalue weighted by Crippen LogP contribution is 2.06. The minimum atomic E-state index is -0.824. The van der Waals surface area contributed by atoms with Gasteiger partial charge < -0.3 is 14.6 Å². The van der Waals surface area contributed by atoms with Crippen LogP contribution in [0.4, 0.5) is 4.79 Å². The molecule has 0 saturated heterocycles. The highest BCUT2D eigenvalue weighted by atomic mass is 16.6. The topological polar surface area (TPSA) is 80.2 Å². The van der Waals surface area contributed by atoms with Crippen LogP contribution in [-0.2, 0) is 9.47 Å². The van der Waals surface area contributed by atoms with Crippen LogP contribution >= 0.6 is 0 Å². The highest BCUT2D eigenvalue weighted by molar-refractivity contribution is 5.95. The lowest BCUT2D eigenvalue weighted by atomic mass is 10.2. The Morgan fingerprint density at radius 2 is 2.05 bits per heavy atom. The Bertz CT molecular complexity index is 346. The van der Waals surface area contributed by atoms with E-state index in [1.54, 1.807) is 26.8 Å². The fraction of sp³-hybridized carbons (Fsp3) is 0.714. The summed E-state index contributed by atoms with van der Waals surface area (Å²) in [6.07, 6.45) is 2.76. The summed E-state index contributed by atoms with van der Waals surface area (Å²) >= 11 is 0. The second kappa shape index (κ2) is 9.50. The molecule has 0 rings (SSSR count). The molecule has 1 atom stereocenters. The van der Waals surface area contributed by atoms with E-state index in [9.17, 15) is 9.90 Å². The van der Waals surface area contributed by atoms with Gasteiger partial charge in [0.15, 0.2) is 6.29 Å². The zero-order chi connectivity index (χ0) is 15.6. The van der Waals surface area contributed by atoms with Crippen LogP contribution in [0.5, 0.6) is 0 Å². The summed E-state index contributed by atoms with van der Waals surface area (Å²) in [5.74, 6) is 0.501. The number of nitrogens with zero attached hydrogens (tertiary/aromatic N) is 1. The van der Waals surface area contributed by atoms with E-state index in [2.05, 4.69) is 10.3 Å². The SMILES string of the molecule is CCOC(O)C/C=C\N=C(CC)NC(=O)OC(C)(C)C. The third kappa shape index (κ3) is 10.5. The van der Waals surface area contributed by atoms with Crippen molar-refractivity contribution in [1.82, 2.24) is 5.32 Å². The van der Waals surface area contributed by atoms with Gasteiger partial charge in [0.2, 0.25) is 0 Å². The smallest absolute Gasteiger partial charge is 0.413 e. The van der Waals surface area contributed by atoms with Crippen molar-refractivity contribution in [2.75, 3.05) is 6.61 Å². The molecule has 0 aromatic rings. The van der Waals surface area contributed by atoms with Gasteiger partial charge in [0, 0.05) is 25.6 Å². The van der Waals surface area contributed by atoms with Gasteiger partial charge in [-0.15, -0.1) is 0 Å². The molecule has 0 aliphatic rings. The van der Waals surface area contributed by atoms with Crippen LogP contribution in [0.2, 0.25) is 0 Å². The van der Waals surface area contributed by atoms with Crippen LogP contribution in [0.25, 0.3) is 0 Å². The highest BCUT2D eigenvalue weighted by Gasteiger charge is 2.16. The first-order valence-electron chi connectivity index (χ1n) is 6.79. The molecule has 20 heavy (non-hydrogen) atoms. The van der Waals surface area contributed by atoms with Crippen LogP contribution < -0.4 is 5.32 Å². The molecular weight excluding hydrogens is 260 g/mol. The molecule has 0 aliphatic carbocycles. The Kier molecular flexibility index (Phi) is 8.83. The van der Waals surface area contributed by atoms with Gasteiger partial charge in [0.05, 0.1) is 0 Å². The molecule has 0 saturated carbocycles. The van der Waals surface area contributed by atoms with E-state index in [4.69, 9.17) is 9.47 Å². The number of aliphatic imine (C=N–C) groups is 1. The fourth-order valence-electron chi connectivity index (χ4n) is 1.21. The number of hydrogen-bond donors (Lipinski definition) is 2. The number of hydrogen-bond acceptors (Lipinski definition) is 5. The van der Waals surface area contributed by atoms with E-state index in [1.165, 1.54) is 6.20 Å². The average molecular weight is 286 g/mol. The van der Waals surface area contributed by atoms with Crippen molar-refractivity contribution in [1.29, 1.82) is 0 Å². The largest absolute Gasteiger partial charge is 0.444 e. The van der Waals surface area contributed by atoms with Gasteiger partial charge in [-0.25, -0.2) is 9.79 Å². The first-order valence-corrected chi connectivity index (χ1v) is 6.79. The minimum Gasteiger partial charge on any atom is -0.444 e. The quantitative estimate of drug-likeness (QED) is 0.447. The number of amidine groups is 1. The number of carbonyl (C=O) groups is 1. The van der Waals surface area contributed by atoms with Crippen LogP contribution in [0.3, 0.4) is 0 Å².